The molecule has 0 radical (unpaired) electrons. The zero-order valence-corrected chi connectivity index (χ0v) is 12.8. The van der Waals surface area contributed by atoms with Gasteiger partial charge in [-0.1, -0.05) is 0 Å². The van der Waals surface area contributed by atoms with Crippen LogP contribution in [0.5, 0.6) is 11.5 Å². The number of carbonyl (C=O) groups excluding carboxylic acids is 1. The number of methoxy groups -OCH3 is 2. The van der Waals surface area contributed by atoms with E-state index in [1.165, 1.54) is 6.08 Å². The number of anilines is 1. The van der Waals surface area contributed by atoms with Crippen molar-refractivity contribution in [2.75, 3.05) is 19.5 Å². The Balaban J connectivity index is 2.16. The lowest BCUT2D eigenvalue weighted by Crippen LogP contribution is -2.03. The molecular formula is C17H18N2O3. The molecule has 22 heavy (non-hydrogen) atoms. The summed E-state index contributed by atoms with van der Waals surface area (Å²) in [6.07, 6.45) is 4.70. The van der Waals surface area contributed by atoms with E-state index in [-0.39, 0.29) is 5.78 Å². The Kier molecular flexibility index (Phi) is 5.14. The fourth-order valence-electron chi connectivity index (χ4n) is 1.94. The van der Waals surface area contributed by atoms with Crippen molar-refractivity contribution in [1.29, 1.82) is 0 Å². The molecule has 1 N–H and O–H groups in total. The number of nitrogens with one attached hydrogen (secondary N) is 1. The topological polar surface area (TPSA) is 60.5 Å². The zero-order valence-electron chi connectivity index (χ0n) is 12.8. The van der Waals surface area contributed by atoms with Gasteiger partial charge in [0.05, 0.1) is 19.9 Å². The molecule has 0 aliphatic rings. The number of carbonyl (C=O) groups is 1. The Morgan fingerprint density at radius 1 is 1.23 bits per heavy atom. The molecule has 0 spiro atoms. The fraction of sp³-hybridized carbons (Fsp3) is 0.176. The highest BCUT2D eigenvalue weighted by Crippen LogP contribution is 2.29. The highest BCUT2D eigenvalue weighted by atomic mass is 16.5. The van der Waals surface area contributed by atoms with E-state index < -0.39 is 0 Å². The summed E-state index contributed by atoms with van der Waals surface area (Å²) in [4.78, 5) is 16.0. The first-order valence-corrected chi connectivity index (χ1v) is 6.75. The number of nitrogens with zero attached hydrogens (tertiary/aromatic N) is 1. The number of allylic oxidation sites excluding steroid dienone is 2. The van der Waals surface area contributed by atoms with Crippen molar-refractivity contribution in [1.82, 2.24) is 4.98 Å². The second kappa shape index (κ2) is 7.26. The largest absolute Gasteiger partial charge is 0.497 e. The van der Waals surface area contributed by atoms with Crippen molar-refractivity contribution in [3.05, 3.63) is 60.1 Å². The van der Waals surface area contributed by atoms with Crippen LogP contribution >= 0.6 is 0 Å². The molecule has 5 heteroatoms. The van der Waals surface area contributed by atoms with Gasteiger partial charge < -0.3 is 14.8 Å². The van der Waals surface area contributed by atoms with Crippen LogP contribution in [0.2, 0.25) is 0 Å². The Morgan fingerprint density at radius 2 is 2.05 bits per heavy atom. The number of ether oxygens (including phenoxy) is 2. The van der Waals surface area contributed by atoms with Crippen LogP contribution in [0, 0.1) is 0 Å². The summed E-state index contributed by atoms with van der Waals surface area (Å²) in [6, 6.07) is 8.90. The van der Waals surface area contributed by atoms with Crippen LogP contribution in [0.3, 0.4) is 0 Å². The number of aromatic nitrogens is 1. The summed E-state index contributed by atoms with van der Waals surface area (Å²) in [7, 11) is 3.18. The van der Waals surface area contributed by atoms with Crippen LogP contribution in [0.15, 0.2) is 54.5 Å². The first-order valence-electron chi connectivity index (χ1n) is 6.75. The van der Waals surface area contributed by atoms with E-state index in [0.717, 1.165) is 5.69 Å². The van der Waals surface area contributed by atoms with Crippen molar-refractivity contribution in [2.45, 2.75) is 6.92 Å². The molecule has 0 unspecified atom stereocenters. The van der Waals surface area contributed by atoms with E-state index in [9.17, 15) is 4.79 Å². The molecule has 0 aliphatic heterocycles. The maximum Gasteiger partial charge on any atom is 0.189 e. The first kappa shape index (κ1) is 15.6. The Morgan fingerprint density at radius 3 is 2.68 bits per heavy atom. The van der Waals surface area contributed by atoms with Gasteiger partial charge >= 0.3 is 0 Å². The Bertz CT molecular complexity index is 682. The Labute approximate surface area is 129 Å². The highest BCUT2D eigenvalue weighted by molar-refractivity contribution is 6.04. The van der Waals surface area contributed by atoms with Gasteiger partial charge in [0.15, 0.2) is 5.78 Å². The lowest BCUT2D eigenvalue weighted by Gasteiger charge is -2.12. The van der Waals surface area contributed by atoms with Gasteiger partial charge in [-0.15, -0.1) is 0 Å². The first-order chi connectivity index (χ1) is 10.6. The van der Waals surface area contributed by atoms with Gasteiger partial charge in [-0.05, 0) is 31.2 Å². The lowest BCUT2D eigenvalue weighted by molar-refractivity contribution is 0.104. The van der Waals surface area contributed by atoms with Crippen molar-refractivity contribution < 1.29 is 14.3 Å². The van der Waals surface area contributed by atoms with Gasteiger partial charge in [0.25, 0.3) is 0 Å². The molecular weight excluding hydrogens is 280 g/mol. The van der Waals surface area contributed by atoms with E-state index in [4.69, 9.17) is 9.47 Å². The number of pyridine rings is 1. The minimum atomic E-state index is -0.106. The van der Waals surface area contributed by atoms with Gasteiger partial charge in [-0.3, -0.25) is 9.78 Å². The third kappa shape index (κ3) is 3.85. The molecule has 114 valence electrons. The van der Waals surface area contributed by atoms with Crippen molar-refractivity contribution in [3.8, 4) is 11.5 Å². The smallest absolute Gasteiger partial charge is 0.189 e. The summed E-state index contributed by atoms with van der Waals surface area (Å²) in [6.45, 7) is 1.82. The quantitative estimate of drug-likeness (QED) is 0.655. The van der Waals surface area contributed by atoms with Crippen LogP contribution in [-0.4, -0.2) is 25.0 Å². The predicted molar refractivity (Wildman–Crippen MR) is 85.5 cm³/mol. The molecule has 0 atom stereocenters. The third-order valence-electron chi connectivity index (χ3n) is 3.03. The molecule has 0 amide bonds. The van der Waals surface area contributed by atoms with E-state index >= 15 is 0 Å². The maximum atomic E-state index is 12.1. The molecule has 2 rings (SSSR count). The monoisotopic (exact) mass is 298 g/mol. The summed E-state index contributed by atoms with van der Waals surface area (Å²) in [5.74, 6) is 1.24. The van der Waals surface area contributed by atoms with Crippen molar-refractivity contribution in [3.63, 3.8) is 0 Å². The molecule has 0 saturated carbocycles. The predicted octanol–water partition coefficient (Wildman–Crippen LogP) is 3.30. The minimum Gasteiger partial charge on any atom is -0.497 e. The van der Waals surface area contributed by atoms with Crippen LogP contribution in [0.4, 0.5) is 5.69 Å². The second-order valence-electron chi connectivity index (χ2n) is 4.62. The van der Waals surface area contributed by atoms with Crippen LogP contribution < -0.4 is 14.8 Å². The normalized spacial score (nSPS) is 11.0. The van der Waals surface area contributed by atoms with Gasteiger partial charge in [-0.25, -0.2) is 0 Å². The van der Waals surface area contributed by atoms with Crippen LogP contribution in [-0.2, 0) is 0 Å². The SMILES string of the molecule is COc1ccc(N/C(C)=C/C(=O)c2cccnc2)c(OC)c1. The number of hydrogen-bond acceptors (Lipinski definition) is 5. The average molecular weight is 298 g/mol. The van der Waals surface area contributed by atoms with Crippen LogP contribution in [0.25, 0.3) is 0 Å². The van der Waals surface area contributed by atoms with Crippen molar-refractivity contribution in [2.24, 2.45) is 0 Å². The van der Waals surface area contributed by atoms with E-state index in [1.54, 1.807) is 44.8 Å². The number of benzene rings is 1. The van der Waals surface area contributed by atoms with Gasteiger partial charge in [0.2, 0.25) is 0 Å². The molecule has 0 aliphatic carbocycles. The van der Waals surface area contributed by atoms with E-state index in [0.29, 0.717) is 22.8 Å². The number of ketones is 1. The van der Waals surface area contributed by atoms with E-state index in [2.05, 4.69) is 10.3 Å². The zero-order chi connectivity index (χ0) is 15.9. The standard InChI is InChI=1S/C17H18N2O3/c1-12(9-16(20)13-5-4-8-18-11-13)19-15-7-6-14(21-2)10-17(15)22-3/h4-11,19H,1-3H3/b12-9+. The molecule has 0 saturated heterocycles. The minimum absolute atomic E-state index is 0.106. The molecule has 0 bridgehead atoms. The summed E-state index contributed by atoms with van der Waals surface area (Å²) in [5.41, 5.74) is 2.01. The number of rotatable bonds is 6. The highest BCUT2D eigenvalue weighted by Gasteiger charge is 2.07. The average Bonchev–Trinajstić information content (AvgIpc) is 2.55. The summed E-state index contributed by atoms with van der Waals surface area (Å²) < 4.78 is 10.5. The molecule has 1 aromatic heterocycles. The van der Waals surface area contributed by atoms with Crippen molar-refractivity contribution >= 4 is 11.5 Å². The van der Waals surface area contributed by atoms with Gasteiger partial charge in [0.1, 0.15) is 11.5 Å². The summed E-state index contributed by atoms with van der Waals surface area (Å²) in [5, 5.41) is 3.15. The van der Waals surface area contributed by atoms with Gasteiger partial charge in [-0.2, -0.15) is 0 Å². The molecule has 2 aromatic rings. The summed E-state index contributed by atoms with van der Waals surface area (Å²) >= 11 is 0. The maximum absolute atomic E-state index is 12.1. The Hall–Kier alpha value is -2.82. The third-order valence-corrected chi connectivity index (χ3v) is 3.03. The fourth-order valence-corrected chi connectivity index (χ4v) is 1.94. The molecule has 5 nitrogen and oxygen atoms in total. The van der Waals surface area contributed by atoms with Gasteiger partial charge in [0, 0.05) is 35.8 Å². The second-order valence-corrected chi connectivity index (χ2v) is 4.62. The molecule has 0 fully saturated rings. The lowest BCUT2D eigenvalue weighted by atomic mass is 10.1. The number of hydrogen-bond donors (Lipinski definition) is 1. The van der Waals surface area contributed by atoms with E-state index in [1.807, 2.05) is 19.1 Å². The molecule has 1 heterocycles. The molecule has 1 aromatic carbocycles. The van der Waals surface area contributed by atoms with Crippen LogP contribution in [0.1, 0.15) is 17.3 Å².